The van der Waals surface area contributed by atoms with E-state index >= 15 is 0 Å². The number of aromatic nitrogens is 1. The van der Waals surface area contributed by atoms with Gasteiger partial charge in [-0.25, -0.2) is 4.98 Å². The monoisotopic (exact) mass is 338 g/mol. The van der Waals surface area contributed by atoms with Crippen LogP contribution in [0.3, 0.4) is 0 Å². The number of carbonyl (C=O) groups excluding carboxylic acids is 1. The van der Waals surface area contributed by atoms with Crippen LogP contribution in [-0.2, 0) is 11.2 Å². The summed E-state index contributed by atoms with van der Waals surface area (Å²) in [6.07, 6.45) is 2.04. The minimum Gasteiger partial charge on any atom is -0.302 e. The minimum absolute atomic E-state index is 0.0841. The van der Waals surface area contributed by atoms with Crippen molar-refractivity contribution >= 4 is 38.3 Å². The summed E-state index contributed by atoms with van der Waals surface area (Å²) < 4.78 is 1.05. The van der Waals surface area contributed by atoms with Crippen molar-refractivity contribution in [3.63, 3.8) is 0 Å². The van der Waals surface area contributed by atoms with Crippen LogP contribution < -0.4 is 5.32 Å². The smallest absolute Gasteiger partial charge is 0.223 e. The summed E-state index contributed by atoms with van der Waals surface area (Å²) >= 11 is 4.99. The van der Waals surface area contributed by atoms with E-state index in [1.54, 1.807) is 11.3 Å². The quantitative estimate of drug-likeness (QED) is 0.892. The van der Waals surface area contributed by atoms with Crippen LogP contribution in [0.4, 0.5) is 5.13 Å². The Morgan fingerprint density at radius 1 is 1.37 bits per heavy atom. The number of halogens is 1. The molecule has 1 aromatic heterocycles. The summed E-state index contributed by atoms with van der Waals surface area (Å²) in [5.41, 5.74) is 2.06. The summed E-state index contributed by atoms with van der Waals surface area (Å²) in [6.45, 7) is 3.64. The van der Waals surface area contributed by atoms with Crippen molar-refractivity contribution in [2.75, 3.05) is 5.32 Å². The zero-order valence-electron chi connectivity index (χ0n) is 10.9. The topological polar surface area (TPSA) is 42.0 Å². The molecule has 2 aromatic rings. The molecule has 19 heavy (non-hydrogen) atoms. The highest BCUT2D eigenvalue weighted by Gasteiger charge is 2.13. The van der Waals surface area contributed by atoms with E-state index in [1.807, 2.05) is 24.3 Å². The van der Waals surface area contributed by atoms with E-state index in [9.17, 15) is 4.79 Å². The standard InChI is InChI=1S/C14H15BrN2OS/c1-3-4-12-13(10-5-7-11(15)8-6-10)17-14(19-12)16-9(2)18/h5-8H,3-4H2,1-2H3,(H,16,17,18). The van der Waals surface area contributed by atoms with Gasteiger partial charge in [0.05, 0.1) is 5.69 Å². The first-order valence-electron chi connectivity index (χ1n) is 6.13. The lowest BCUT2D eigenvalue weighted by atomic mass is 10.1. The van der Waals surface area contributed by atoms with Crippen LogP contribution in [0.1, 0.15) is 25.1 Å². The van der Waals surface area contributed by atoms with Crippen LogP contribution in [-0.4, -0.2) is 10.9 Å². The number of benzene rings is 1. The Bertz CT molecular complexity index is 578. The highest BCUT2D eigenvalue weighted by molar-refractivity contribution is 9.10. The number of amides is 1. The molecule has 0 radical (unpaired) electrons. The van der Waals surface area contributed by atoms with E-state index in [0.717, 1.165) is 28.6 Å². The lowest BCUT2D eigenvalue weighted by Crippen LogP contribution is -2.04. The van der Waals surface area contributed by atoms with Crippen LogP contribution in [0.15, 0.2) is 28.7 Å². The van der Waals surface area contributed by atoms with Gasteiger partial charge in [0, 0.05) is 21.8 Å². The van der Waals surface area contributed by atoms with Crippen LogP contribution >= 0.6 is 27.3 Å². The third kappa shape index (κ3) is 3.64. The van der Waals surface area contributed by atoms with Crippen molar-refractivity contribution in [1.29, 1.82) is 0 Å². The molecular weight excluding hydrogens is 324 g/mol. The van der Waals surface area contributed by atoms with Crippen LogP contribution in [0.2, 0.25) is 0 Å². The number of nitrogens with one attached hydrogen (secondary N) is 1. The van der Waals surface area contributed by atoms with Crippen molar-refractivity contribution in [2.24, 2.45) is 0 Å². The Balaban J connectivity index is 2.39. The molecule has 0 saturated heterocycles. The van der Waals surface area contributed by atoms with Crippen LogP contribution in [0, 0.1) is 0 Å². The van der Waals surface area contributed by atoms with E-state index in [4.69, 9.17) is 0 Å². The molecule has 0 aliphatic carbocycles. The van der Waals surface area contributed by atoms with Crippen molar-refractivity contribution < 1.29 is 4.79 Å². The van der Waals surface area contributed by atoms with Crippen molar-refractivity contribution in [2.45, 2.75) is 26.7 Å². The van der Waals surface area contributed by atoms with Gasteiger partial charge in [-0.3, -0.25) is 4.79 Å². The molecule has 0 saturated carbocycles. The van der Waals surface area contributed by atoms with Crippen molar-refractivity contribution in [1.82, 2.24) is 4.98 Å². The predicted octanol–water partition coefficient (Wildman–Crippen LogP) is 4.48. The molecule has 0 bridgehead atoms. The minimum atomic E-state index is -0.0841. The molecule has 1 N–H and O–H groups in total. The number of aryl methyl sites for hydroxylation is 1. The Morgan fingerprint density at radius 3 is 2.63 bits per heavy atom. The molecule has 0 fully saturated rings. The lowest BCUT2D eigenvalue weighted by molar-refractivity contribution is -0.114. The van der Waals surface area contributed by atoms with E-state index < -0.39 is 0 Å². The van der Waals surface area contributed by atoms with Gasteiger partial charge in [-0.05, 0) is 18.6 Å². The van der Waals surface area contributed by atoms with E-state index in [1.165, 1.54) is 11.8 Å². The zero-order chi connectivity index (χ0) is 13.8. The molecule has 1 amide bonds. The SMILES string of the molecule is CCCc1sc(NC(C)=O)nc1-c1ccc(Br)cc1. The summed E-state index contributed by atoms with van der Waals surface area (Å²) in [4.78, 5) is 16.9. The maximum Gasteiger partial charge on any atom is 0.223 e. The van der Waals surface area contributed by atoms with Gasteiger partial charge in [0.15, 0.2) is 5.13 Å². The van der Waals surface area contributed by atoms with Gasteiger partial charge in [-0.2, -0.15) is 0 Å². The fraction of sp³-hybridized carbons (Fsp3) is 0.286. The lowest BCUT2D eigenvalue weighted by Gasteiger charge is -2.01. The van der Waals surface area contributed by atoms with Gasteiger partial charge in [-0.1, -0.05) is 41.4 Å². The average molecular weight is 339 g/mol. The maximum absolute atomic E-state index is 11.1. The Labute approximate surface area is 125 Å². The fourth-order valence-electron chi connectivity index (χ4n) is 1.79. The summed E-state index contributed by atoms with van der Waals surface area (Å²) in [5, 5.41) is 3.44. The molecule has 1 aromatic carbocycles. The Morgan fingerprint density at radius 2 is 2.05 bits per heavy atom. The first-order valence-corrected chi connectivity index (χ1v) is 7.74. The van der Waals surface area contributed by atoms with Crippen molar-refractivity contribution in [3.05, 3.63) is 33.6 Å². The number of hydrogen-bond donors (Lipinski definition) is 1. The normalized spacial score (nSPS) is 10.5. The Hall–Kier alpha value is -1.20. The molecule has 1 heterocycles. The third-order valence-electron chi connectivity index (χ3n) is 2.58. The van der Waals surface area contributed by atoms with Crippen LogP contribution in [0.5, 0.6) is 0 Å². The van der Waals surface area contributed by atoms with Gasteiger partial charge in [0.1, 0.15) is 0 Å². The second-order valence-corrected chi connectivity index (χ2v) is 6.23. The number of rotatable bonds is 4. The summed E-state index contributed by atoms with van der Waals surface area (Å²) in [7, 11) is 0. The number of thiazole rings is 1. The van der Waals surface area contributed by atoms with Gasteiger partial charge in [0.2, 0.25) is 5.91 Å². The average Bonchev–Trinajstić information content (AvgIpc) is 2.72. The fourth-order valence-corrected chi connectivity index (χ4v) is 3.18. The number of carbonyl (C=O) groups is 1. The summed E-state index contributed by atoms with van der Waals surface area (Å²) in [6, 6.07) is 8.08. The van der Waals surface area contributed by atoms with Gasteiger partial charge < -0.3 is 5.32 Å². The van der Waals surface area contributed by atoms with Gasteiger partial charge in [-0.15, -0.1) is 11.3 Å². The highest BCUT2D eigenvalue weighted by Crippen LogP contribution is 2.32. The molecule has 0 atom stereocenters. The molecule has 5 heteroatoms. The molecule has 0 spiro atoms. The van der Waals surface area contributed by atoms with Gasteiger partial charge >= 0.3 is 0 Å². The second kappa shape index (κ2) is 6.30. The largest absolute Gasteiger partial charge is 0.302 e. The molecule has 0 aliphatic rings. The Kier molecular flexibility index (Phi) is 4.71. The van der Waals surface area contributed by atoms with Crippen molar-refractivity contribution in [3.8, 4) is 11.3 Å². The number of nitrogens with zero attached hydrogens (tertiary/aromatic N) is 1. The zero-order valence-corrected chi connectivity index (χ0v) is 13.3. The predicted molar refractivity (Wildman–Crippen MR) is 83.5 cm³/mol. The molecule has 3 nitrogen and oxygen atoms in total. The summed E-state index contributed by atoms with van der Waals surface area (Å²) in [5.74, 6) is -0.0841. The third-order valence-corrected chi connectivity index (χ3v) is 4.13. The van der Waals surface area contributed by atoms with Gasteiger partial charge in [0.25, 0.3) is 0 Å². The molecular formula is C14H15BrN2OS. The van der Waals surface area contributed by atoms with Crippen LogP contribution in [0.25, 0.3) is 11.3 Å². The highest BCUT2D eigenvalue weighted by atomic mass is 79.9. The molecule has 0 aliphatic heterocycles. The first-order chi connectivity index (χ1) is 9.10. The van der Waals surface area contributed by atoms with E-state index in [2.05, 4.69) is 33.2 Å². The number of anilines is 1. The molecule has 100 valence electrons. The van der Waals surface area contributed by atoms with E-state index in [-0.39, 0.29) is 5.91 Å². The van der Waals surface area contributed by atoms with E-state index in [0.29, 0.717) is 5.13 Å². The first kappa shape index (κ1) is 14.2. The second-order valence-electron chi connectivity index (χ2n) is 4.23. The maximum atomic E-state index is 11.1. The molecule has 0 unspecified atom stereocenters. The molecule has 2 rings (SSSR count). The number of hydrogen-bond acceptors (Lipinski definition) is 3.